The van der Waals surface area contributed by atoms with Crippen LogP contribution in [-0.4, -0.2) is 13.5 Å². The fourth-order valence-corrected chi connectivity index (χ4v) is 3.24. The minimum absolute atomic E-state index is 0.115. The quantitative estimate of drug-likeness (QED) is 0.723. The third-order valence-electron chi connectivity index (χ3n) is 3.04. The standard InChI is InChI=1S/C15H11NO5S/c17-13-11-8-4-5-9-12(11)21-15(18)14(13)22(19,20)16-10-6-2-1-3-7-10/h1-9,16-17H. The van der Waals surface area contributed by atoms with E-state index in [1.165, 1.54) is 24.3 Å². The molecule has 0 atom stereocenters. The molecule has 0 spiro atoms. The van der Waals surface area contributed by atoms with Crippen LogP contribution in [0.3, 0.4) is 0 Å². The van der Waals surface area contributed by atoms with Crippen LogP contribution in [0.25, 0.3) is 11.0 Å². The van der Waals surface area contributed by atoms with E-state index in [-0.39, 0.29) is 16.7 Å². The van der Waals surface area contributed by atoms with Crippen molar-refractivity contribution in [3.05, 3.63) is 65.0 Å². The van der Waals surface area contributed by atoms with E-state index >= 15 is 0 Å². The molecular weight excluding hydrogens is 306 g/mol. The molecule has 1 aromatic heterocycles. The highest BCUT2D eigenvalue weighted by molar-refractivity contribution is 7.92. The van der Waals surface area contributed by atoms with Gasteiger partial charge in [-0.3, -0.25) is 4.72 Å². The van der Waals surface area contributed by atoms with Gasteiger partial charge in [-0.25, -0.2) is 13.2 Å². The van der Waals surface area contributed by atoms with E-state index in [1.807, 2.05) is 0 Å². The molecule has 7 heteroatoms. The number of rotatable bonds is 3. The molecule has 0 amide bonds. The van der Waals surface area contributed by atoms with E-state index in [2.05, 4.69) is 4.72 Å². The Bertz CT molecular complexity index is 993. The van der Waals surface area contributed by atoms with Gasteiger partial charge in [0, 0.05) is 5.69 Å². The zero-order chi connectivity index (χ0) is 15.7. The first-order chi connectivity index (χ1) is 10.5. The molecule has 22 heavy (non-hydrogen) atoms. The Morgan fingerprint density at radius 1 is 0.955 bits per heavy atom. The van der Waals surface area contributed by atoms with Gasteiger partial charge < -0.3 is 9.52 Å². The summed E-state index contributed by atoms with van der Waals surface area (Å²) >= 11 is 0. The smallest absolute Gasteiger partial charge is 0.361 e. The first kappa shape index (κ1) is 14.2. The van der Waals surface area contributed by atoms with Crippen LogP contribution >= 0.6 is 0 Å². The first-order valence-corrected chi connectivity index (χ1v) is 7.80. The number of sulfonamides is 1. The zero-order valence-electron chi connectivity index (χ0n) is 11.2. The van der Waals surface area contributed by atoms with Crippen molar-refractivity contribution in [2.24, 2.45) is 0 Å². The van der Waals surface area contributed by atoms with Gasteiger partial charge in [0.05, 0.1) is 5.39 Å². The van der Waals surface area contributed by atoms with E-state index < -0.39 is 26.3 Å². The van der Waals surface area contributed by atoms with E-state index in [9.17, 15) is 18.3 Å². The Labute approximate surface area is 125 Å². The Kier molecular flexibility index (Phi) is 3.34. The van der Waals surface area contributed by atoms with Crippen LogP contribution in [0, 0.1) is 0 Å². The summed E-state index contributed by atoms with van der Waals surface area (Å²) in [5, 5.41) is 10.3. The molecular formula is C15H11NO5S. The van der Waals surface area contributed by atoms with Crippen LogP contribution in [0.15, 0.2) is 68.7 Å². The summed E-state index contributed by atoms with van der Waals surface area (Å²) in [5.41, 5.74) is -0.738. The van der Waals surface area contributed by atoms with E-state index in [0.717, 1.165) is 0 Å². The molecule has 0 fully saturated rings. The molecule has 2 aromatic carbocycles. The molecule has 3 rings (SSSR count). The maximum absolute atomic E-state index is 12.4. The van der Waals surface area contributed by atoms with Crippen molar-refractivity contribution in [1.29, 1.82) is 0 Å². The summed E-state index contributed by atoms with van der Waals surface area (Å²) in [6.07, 6.45) is 0. The molecule has 0 aliphatic heterocycles. The summed E-state index contributed by atoms with van der Waals surface area (Å²) in [5.74, 6) is -0.629. The molecule has 6 nitrogen and oxygen atoms in total. The van der Waals surface area contributed by atoms with Gasteiger partial charge in [0.15, 0.2) is 5.75 Å². The van der Waals surface area contributed by atoms with Gasteiger partial charge in [-0.15, -0.1) is 0 Å². The molecule has 1 heterocycles. The second kappa shape index (κ2) is 5.19. The number of nitrogens with one attached hydrogen (secondary N) is 1. The molecule has 0 bridgehead atoms. The summed E-state index contributed by atoms with van der Waals surface area (Å²) in [6, 6.07) is 14.2. The number of hydrogen-bond acceptors (Lipinski definition) is 5. The topological polar surface area (TPSA) is 96.6 Å². The normalized spacial score (nSPS) is 11.5. The monoisotopic (exact) mass is 317 g/mol. The number of fused-ring (bicyclic) bond motifs is 1. The lowest BCUT2D eigenvalue weighted by Crippen LogP contribution is -2.21. The predicted molar refractivity (Wildman–Crippen MR) is 81.4 cm³/mol. The van der Waals surface area contributed by atoms with Crippen molar-refractivity contribution >= 4 is 26.7 Å². The lowest BCUT2D eigenvalue weighted by atomic mass is 10.2. The first-order valence-electron chi connectivity index (χ1n) is 6.32. The van der Waals surface area contributed by atoms with Crippen LogP contribution in [0.4, 0.5) is 5.69 Å². The van der Waals surface area contributed by atoms with E-state index in [1.54, 1.807) is 30.3 Å². The lowest BCUT2D eigenvalue weighted by Gasteiger charge is -2.09. The fraction of sp³-hybridized carbons (Fsp3) is 0. The van der Waals surface area contributed by atoms with Crippen molar-refractivity contribution < 1.29 is 17.9 Å². The highest BCUT2D eigenvalue weighted by Gasteiger charge is 2.26. The number of anilines is 1. The van der Waals surface area contributed by atoms with Gasteiger partial charge in [-0.1, -0.05) is 30.3 Å². The second-order valence-corrected chi connectivity index (χ2v) is 6.15. The van der Waals surface area contributed by atoms with Gasteiger partial charge in [0.2, 0.25) is 4.90 Å². The van der Waals surface area contributed by atoms with E-state index in [0.29, 0.717) is 0 Å². The number of benzene rings is 2. The SMILES string of the molecule is O=c1oc2ccccc2c(O)c1S(=O)(=O)Nc1ccccc1. The van der Waals surface area contributed by atoms with Crippen molar-refractivity contribution in [3.63, 3.8) is 0 Å². The van der Waals surface area contributed by atoms with Gasteiger partial charge in [-0.05, 0) is 24.3 Å². The Hall–Kier alpha value is -2.80. The molecule has 0 unspecified atom stereocenters. The Balaban J connectivity index is 2.19. The third-order valence-corrected chi connectivity index (χ3v) is 4.44. The third kappa shape index (κ3) is 2.42. The largest absolute Gasteiger partial charge is 0.505 e. The summed E-state index contributed by atoms with van der Waals surface area (Å²) in [6.45, 7) is 0. The van der Waals surface area contributed by atoms with Crippen molar-refractivity contribution in [2.45, 2.75) is 4.90 Å². The summed E-state index contributed by atoms with van der Waals surface area (Å²) in [4.78, 5) is 11.1. The lowest BCUT2D eigenvalue weighted by molar-refractivity contribution is 0.442. The number of para-hydroxylation sites is 2. The van der Waals surface area contributed by atoms with Crippen LogP contribution in [0.2, 0.25) is 0 Å². The molecule has 0 aliphatic rings. The van der Waals surface area contributed by atoms with Crippen LogP contribution < -0.4 is 10.3 Å². The van der Waals surface area contributed by atoms with E-state index in [4.69, 9.17) is 4.42 Å². The molecule has 2 N–H and O–H groups in total. The number of hydrogen-bond donors (Lipinski definition) is 2. The van der Waals surface area contributed by atoms with Crippen LogP contribution in [0.5, 0.6) is 5.75 Å². The highest BCUT2D eigenvalue weighted by atomic mass is 32.2. The summed E-state index contributed by atoms with van der Waals surface area (Å²) in [7, 11) is -4.27. The van der Waals surface area contributed by atoms with Gasteiger partial charge in [-0.2, -0.15) is 0 Å². The maximum Gasteiger partial charge on any atom is 0.361 e. The van der Waals surface area contributed by atoms with Crippen molar-refractivity contribution in [3.8, 4) is 5.75 Å². The predicted octanol–water partition coefficient (Wildman–Crippen LogP) is 2.30. The molecule has 0 saturated heterocycles. The minimum Gasteiger partial charge on any atom is -0.505 e. The highest BCUT2D eigenvalue weighted by Crippen LogP contribution is 2.29. The molecule has 0 radical (unpaired) electrons. The average molecular weight is 317 g/mol. The maximum atomic E-state index is 12.4. The van der Waals surface area contributed by atoms with Crippen LogP contribution in [-0.2, 0) is 10.0 Å². The Morgan fingerprint density at radius 2 is 1.59 bits per heavy atom. The van der Waals surface area contributed by atoms with Gasteiger partial charge in [0.1, 0.15) is 5.58 Å². The minimum atomic E-state index is -4.27. The van der Waals surface area contributed by atoms with Gasteiger partial charge >= 0.3 is 5.63 Å². The number of aromatic hydroxyl groups is 1. The van der Waals surface area contributed by atoms with Crippen LogP contribution in [0.1, 0.15) is 0 Å². The van der Waals surface area contributed by atoms with Crippen molar-refractivity contribution in [1.82, 2.24) is 0 Å². The van der Waals surface area contributed by atoms with Gasteiger partial charge in [0.25, 0.3) is 10.0 Å². The van der Waals surface area contributed by atoms with Crippen molar-refractivity contribution in [2.75, 3.05) is 4.72 Å². The summed E-state index contributed by atoms with van der Waals surface area (Å²) < 4.78 is 31.9. The molecule has 0 saturated carbocycles. The Morgan fingerprint density at radius 3 is 2.32 bits per heavy atom. The molecule has 0 aliphatic carbocycles. The molecule has 3 aromatic rings. The second-order valence-electron chi connectivity index (χ2n) is 4.53. The average Bonchev–Trinajstić information content (AvgIpc) is 2.47. The zero-order valence-corrected chi connectivity index (χ0v) is 12.0. The molecule has 112 valence electrons. The fourth-order valence-electron chi connectivity index (χ4n) is 2.07.